The number of rotatable bonds is 7. The summed E-state index contributed by atoms with van der Waals surface area (Å²) in [5.41, 5.74) is 4.92. The molecule has 1 saturated carbocycles. The third-order valence-corrected chi connectivity index (χ3v) is 7.78. The van der Waals surface area contributed by atoms with Crippen molar-refractivity contribution in [1.29, 1.82) is 0 Å². The lowest BCUT2D eigenvalue weighted by Crippen LogP contribution is -2.51. The van der Waals surface area contributed by atoms with Crippen LogP contribution in [0.15, 0.2) is 22.5 Å². The normalized spacial score (nSPS) is 17.5. The minimum Gasteiger partial charge on any atom is -0.330 e. The number of thioether (sulfide) groups is 1. The molecule has 170 valence electrons. The van der Waals surface area contributed by atoms with Crippen LogP contribution in [0.4, 0.5) is 15.6 Å². The van der Waals surface area contributed by atoms with E-state index in [1.54, 1.807) is 0 Å². The Morgan fingerprint density at radius 3 is 2.78 bits per heavy atom. The highest BCUT2D eigenvalue weighted by atomic mass is 32.2. The number of hydrogen-bond donors (Lipinski definition) is 3. The average molecular weight is 475 g/mol. The average Bonchev–Trinajstić information content (AvgIpc) is 3.32. The van der Waals surface area contributed by atoms with Crippen molar-refractivity contribution in [3.05, 3.63) is 29.3 Å². The van der Waals surface area contributed by atoms with Crippen LogP contribution >= 0.6 is 23.1 Å². The Hall–Kier alpha value is -2.66. The number of anilines is 2. The van der Waals surface area contributed by atoms with E-state index in [-0.39, 0.29) is 11.7 Å². The zero-order chi connectivity index (χ0) is 22.7. The van der Waals surface area contributed by atoms with Crippen LogP contribution < -0.4 is 16.1 Å². The Labute approximate surface area is 194 Å². The molecule has 1 aliphatic heterocycles. The second kappa shape index (κ2) is 9.45. The van der Waals surface area contributed by atoms with Crippen molar-refractivity contribution in [3.63, 3.8) is 0 Å². The molecular weight excluding hydrogens is 448 g/mol. The number of urea groups is 1. The highest BCUT2D eigenvalue weighted by molar-refractivity contribution is 8.01. The number of carbonyl (C=O) groups is 3. The van der Waals surface area contributed by atoms with Gasteiger partial charge in [0, 0.05) is 5.69 Å². The van der Waals surface area contributed by atoms with E-state index in [4.69, 9.17) is 0 Å². The highest BCUT2D eigenvalue weighted by Crippen LogP contribution is 2.33. The summed E-state index contributed by atoms with van der Waals surface area (Å²) in [5, 5.41) is 15.9. The summed E-state index contributed by atoms with van der Waals surface area (Å²) in [6, 6.07) is 5.57. The van der Waals surface area contributed by atoms with Crippen molar-refractivity contribution in [3.8, 4) is 0 Å². The molecule has 1 saturated heterocycles. The van der Waals surface area contributed by atoms with E-state index in [2.05, 4.69) is 39.2 Å². The summed E-state index contributed by atoms with van der Waals surface area (Å²) >= 11 is 2.56. The van der Waals surface area contributed by atoms with Gasteiger partial charge in [-0.1, -0.05) is 67.5 Å². The van der Waals surface area contributed by atoms with Gasteiger partial charge in [0.1, 0.15) is 5.54 Å². The molecule has 1 aromatic carbocycles. The molecule has 0 unspecified atom stereocenters. The fraction of sp³-hybridized carbons (Fsp3) is 0.476. The summed E-state index contributed by atoms with van der Waals surface area (Å²) < 4.78 is 0.621. The van der Waals surface area contributed by atoms with Gasteiger partial charge in [-0.05, 0) is 37.3 Å². The number of hydrazine groups is 1. The van der Waals surface area contributed by atoms with Crippen LogP contribution in [0.1, 0.15) is 50.2 Å². The number of nitrogens with zero attached hydrogens (tertiary/aromatic N) is 3. The molecule has 1 aromatic heterocycles. The summed E-state index contributed by atoms with van der Waals surface area (Å²) in [6.45, 7) is 4.14. The Balaban J connectivity index is 1.32. The number of para-hydroxylation sites is 1. The standard InChI is InChI=1S/C21H26N6O3S2/c1-3-14-9-7-8-13(2)16(14)22-18-24-25-20(32-18)31-12-15(28)26-27-17(29)21(23-19(27)30)10-5-4-6-11-21/h7-9H,3-6,10-12H2,1-2H3,(H,22,24)(H,23,30)(H,26,28). The van der Waals surface area contributed by atoms with Crippen LogP contribution in [0.3, 0.4) is 0 Å². The molecule has 2 aliphatic rings. The maximum atomic E-state index is 12.8. The van der Waals surface area contributed by atoms with Gasteiger partial charge in [0.2, 0.25) is 11.0 Å². The van der Waals surface area contributed by atoms with Gasteiger partial charge in [-0.25, -0.2) is 4.79 Å². The Morgan fingerprint density at radius 1 is 1.25 bits per heavy atom. The molecule has 4 rings (SSSR count). The third-order valence-electron chi connectivity index (χ3n) is 5.81. The Kier molecular flexibility index (Phi) is 6.66. The van der Waals surface area contributed by atoms with Crippen molar-refractivity contribution < 1.29 is 14.4 Å². The molecule has 4 amide bonds. The molecule has 1 spiro atoms. The molecule has 3 N–H and O–H groups in total. The van der Waals surface area contributed by atoms with E-state index in [0.29, 0.717) is 22.3 Å². The van der Waals surface area contributed by atoms with Gasteiger partial charge in [0.25, 0.3) is 5.91 Å². The molecule has 32 heavy (non-hydrogen) atoms. The largest absolute Gasteiger partial charge is 0.344 e. The van der Waals surface area contributed by atoms with Crippen LogP contribution in [0.5, 0.6) is 0 Å². The van der Waals surface area contributed by atoms with Gasteiger partial charge in [-0.3, -0.25) is 15.0 Å². The quantitative estimate of drug-likeness (QED) is 0.415. The second-order valence-electron chi connectivity index (χ2n) is 8.00. The lowest BCUT2D eigenvalue weighted by molar-refractivity contribution is -0.139. The summed E-state index contributed by atoms with van der Waals surface area (Å²) in [7, 11) is 0. The van der Waals surface area contributed by atoms with E-state index in [9.17, 15) is 14.4 Å². The van der Waals surface area contributed by atoms with Gasteiger partial charge in [-0.15, -0.1) is 10.2 Å². The second-order valence-corrected chi connectivity index (χ2v) is 10.2. The number of amides is 4. The predicted octanol–water partition coefficient (Wildman–Crippen LogP) is 3.53. The summed E-state index contributed by atoms with van der Waals surface area (Å²) in [5.74, 6) is -0.792. The smallest absolute Gasteiger partial charge is 0.330 e. The SMILES string of the molecule is CCc1cccc(C)c1Nc1nnc(SCC(=O)NN2C(=O)NC3(CCCCC3)C2=O)s1. The fourth-order valence-corrected chi connectivity index (χ4v) is 5.68. The zero-order valence-electron chi connectivity index (χ0n) is 18.1. The van der Waals surface area contributed by atoms with Crippen LogP contribution in [-0.4, -0.2) is 44.3 Å². The molecule has 2 aromatic rings. The predicted molar refractivity (Wildman–Crippen MR) is 124 cm³/mol. The van der Waals surface area contributed by atoms with Gasteiger partial charge in [0.05, 0.1) is 5.75 Å². The lowest BCUT2D eigenvalue weighted by atomic mass is 9.82. The summed E-state index contributed by atoms with van der Waals surface area (Å²) in [4.78, 5) is 37.4. The van der Waals surface area contributed by atoms with Crippen LogP contribution in [0.2, 0.25) is 0 Å². The minimum atomic E-state index is -0.859. The van der Waals surface area contributed by atoms with Crippen molar-refractivity contribution in [2.75, 3.05) is 11.1 Å². The van der Waals surface area contributed by atoms with Crippen LogP contribution in [-0.2, 0) is 16.0 Å². The molecule has 9 nitrogen and oxygen atoms in total. The first-order chi connectivity index (χ1) is 15.4. The van der Waals surface area contributed by atoms with Gasteiger partial charge >= 0.3 is 6.03 Å². The van der Waals surface area contributed by atoms with Crippen molar-refractivity contribution in [2.45, 2.75) is 62.3 Å². The van der Waals surface area contributed by atoms with Gasteiger partial charge in [-0.2, -0.15) is 5.01 Å². The molecule has 11 heteroatoms. The van der Waals surface area contributed by atoms with E-state index in [1.165, 1.54) is 28.7 Å². The highest BCUT2D eigenvalue weighted by Gasteiger charge is 2.52. The molecular formula is C21H26N6O3S2. The van der Waals surface area contributed by atoms with Gasteiger partial charge in [0.15, 0.2) is 4.34 Å². The number of imide groups is 1. The van der Waals surface area contributed by atoms with Crippen molar-refractivity contribution in [2.24, 2.45) is 0 Å². The number of benzene rings is 1. The van der Waals surface area contributed by atoms with Crippen LogP contribution in [0, 0.1) is 6.92 Å². The maximum absolute atomic E-state index is 12.8. The third kappa shape index (κ3) is 4.58. The number of aryl methyl sites for hydroxylation is 2. The fourth-order valence-electron chi connectivity index (χ4n) is 4.13. The van der Waals surface area contributed by atoms with Gasteiger partial charge < -0.3 is 10.6 Å². The number of hydrogen-bond acceptors (Lipinski definition) is 8. The molecule has 0 radical (unpaired) electrons. The first-order valence-corrected chi connectivity index (χ1v) is 12.5. The minimum absolute atomic E-state index is 0.0171. The van der Waals surface area contributed by atoms with Crippen molar-refractivity contribution >= 4 is 51.8 Å². The van der Waals surface area contributed by atoms with Crippen LogP contribution in [0.25, 0.3) is 0 Å². The topological polar surface area (TPSA) is 116 Å². The maximum Gasteiger partial charge on any atom is 0.344 e. The Morgan fingerprint density at radius 2 is 2.03 bits per heavy atom. The molecule has 2 fully saturated rings. The molecule has 2 heterocycles. The first-order valence-electron chi connectivity index (χ1n) is 10.7. The number of carbonyl (C=O) groups excluding carboxylic acids is 3. The van der Waals surface area contributed by atoms with Crippen molar-refractivity contribution in [1.82, 2.24) is 25.9 Å². The lowest BCUT2D eigenvalue weighted by Gasteiger charge is -2.30. The first kappa shape index (κ1) is 22.5. The number of aromatic nitrogens is 2. The molecule has 1 aliphatic carbocycles. The summed E-state index contributed by atoms with van der Waals surface area (Å²) in [6.07, 6.45) is 4.95. The van der Waals surface area contributed by atoms with E-state index in [1.807, 2.05) is 19.1 Å². The number of nitrogens with one attached hydrogen (secondary N) is 3. The molecule has 0 bridgehead atoms. The van der Waals surface area contributed by atoms with E-state index in [0.717, 1.165) is 41.9 Å². The zero-order valence-corrected chi connectivity index (χ0v) is 19.7. The van der Waals surface area contributed by atoms with E-state index < -0.39 is 17.5 Å². The Bertz CT molecular complexity index is 1030. The van der Waals surface area contributed by atoms with E-state index >= 15 is 0 Å². The molecule has 0 atom stereocenters. The monoisotopic (exact) mass is 474 g/mol.